The molecule has 41 heavy (non-hydrogen) atoms. The summed E-state index contributed by atoms with van der Waals surface area (Å²) in [6.07, 6.45) is 7.83. The molecule has 0 aliphatic heterocycles. The maximum absolute atomic E-state index is 12.2. The summed E-state index contributed by atoms with van der Waals surface area (Å²) in [6.45, 7) is 6.52. The minimum atomic E-state index is -0.598. The number of esters is 4. The SMILES string of the molecule is C=CC(=O)OCOc1ccc(/C=C/C(=O)Oc2ccc(OC(=O)/C=C/c3ccc(COC(=O)C=C)cc3)cc2)cc1. The first-order valence-electron chi connectivity index (χ1n) is 12.1. The monoisotopic (exact) mass is 554 g/mol. The molecule has 0 fully saturated rings. The summed E-state index contributed by atoms with van der Waals surface area (Å²) in [5.41, 5.74) is 2.27. The predicted octanol–water partition coefficient (Wildman–Crippen LogP) is 5.22. The number of benzene rings is 3. The van der Waals surface area contributed by atoms with Gasteiger partial charge in [-0.25, -0.2) is 19.2 Å². The second kappa shape index (κ2) is 15.6. The minimum absolute atomic E-state index is 0.126. The quantitative estimate of drug-likeness (QED) is 0.121. The fourth-order valence-electron chi connectivity index (χ4n) is 3.03. The van der Waals surface area contributed by atoms with E-state index in [0.29, 0.717) is 5.75 Å². The Kier molecular flexibility index (Phi) is 11.4. The molecule has 0 aliphatic carbocycles. The first-order chi connectivity index (χ1) is 19.8. The number of carbonyl (C=O) groups excluding carboxylic acids is 4. The lowest BCUT2D eigenvalue weighted by Gasteiger charge is -2.06. The number of rotatable bonds is 13. The highest BCUT2D eigenvalue weighted by Gasteiger charge is 2.05. The van der Waals surface area contributed by atoms with E-state index in [1.807, 2.05) is 0 Å². The number of hydrogen-bond donors (Lipinski definition) is 0. The van der Waals surface area contributed by atoms with Crippen LogP contribution in [0.1, 0.15) is 16.7 Å². The fraction of sp³-hybridized carbons (Fsp3) is 0.0625. The third-order valence-corrected chi connectivity index (χ3v) is 5.09. The largest absolute Gasteiger partial charge is 0.458 e. The van der Waals surface area contributed by atoms with Gasteiger partial charge >= 0.3 is 23.9 Å². The highest BCUT2D eigenvalue weighted by molar-refractivity contribution is 5.89. The average molecular weight is 555 g/mol. The van der Waals surface area contributed by atoms with Crippen molar-refractivity contribution in [3.8, 4) is 17.2 Å². The average Bonchev–Trinajstić information content (AvgIpc) is 2.99. The Labute approximate surface area is 236 Å². The molecular formula is C32H26O9. The van der Waals surface area contributed by atoms with Crippen LogP contribution in [0.3, 0.4) is 0 Å². The van der Waals surface area contributed by atoms with Gasteiger partial charge in [-0.3, -0.25) is 0 Å². The lowest BCUT2D eigenvalue weighted by molar-refractivity contribution is -0.144. The molecule has 0 N–H and O–H groups in total. The van der Waals surface area contributed by atoms with Crippen LogP contribution in [0.2, 0.25) is 0 Å². The second-order valence-electron chi connectivity index (χ2n) is 8.03. The summed E-state index contributed by atoms with van der Waals surface area (Å²) in [6, 6.07) is 19.8. The second-order valence-corrected chi connectivity index (χ2v) is 8.03. The molecule has 3 aromatic carbocycles. The van der Waals surface area contributed by atoms with Gasteiger partial charge in [-0.05, 0) is 65.2 Å². The Morgan fingerprint density at radius 2 is 1.00 bits per heavy atom. The van der Waals surface area contributed by atoms with Crippen molar-refractivity contribution in [2.75, 3.05) is 6.79 Å². The predicted molar refractivity (Wildman–Crippen MR) is 150 cm³/mol. The van der Waals surface area contributed by atoms with Gasteiger partial charge in [-0.2, -0.15) is 0 Å². The molecule has 0 atom stereocenters. The normalized spacial score (nSPS) is 10.5. The van der Waals surface area contributed by atoms with Crippen molar-refractivity contribution in [3.63, 3.8) is 0 Å². The Hall–Kier alpha value is -5.70. The molecule has 0 bridgehead atoms. The fourth-order valence-corrected chi connectivity index (χ4v) is 3.03. The van der Waals surface area contributed by atoms with Crippen LogP contribution in [0.25, 0.3) is 12.2 Å². The zero-order valence-corrected chi connectivity index (χ0v) is 21.9. The molecule has 9 heteroatoms. The van der Waals surface area contributed by atoms with Gasteiger partial charge in [0.15, 0.2) is 0 Å². The van der Waals surface area contributed by atoms with Crippen LogP contribution in [-0.4, -0.2) is 30.7 Å². The number of hydrogen-bond acceptors (Lipinski definition) is 9. The maximum Gasteiger partial charge on any atom is 0.336 e. The summed E-state index contributed by atoms with van der Waals surface area (Å²) in [5.74, 6) is -1.24. The van der Waals surface area contributed by atoms with Crippen LogP contribution >= 0.6 is 0 Å². The summed E-state index contributed by atoms with van der Waals surface area (Å²) in [4.78, 5) is 46.4. The number of ether oxygens (including phenoxy) is 5. The van der Waals surface area contributed by atoms with E-state index >= 15 is 0 Å². The van der Waals surface area contributed by atoms with Crippen molar-refractivity contribution in [1.29, 1.82) is 0 Å². The van der Waals surface area contributed by atoms with Crippen molar-refractivity contribution in [1.82, 2.24) is 0 Å². The standard InChI is InChI=1S/C32H26O9/c1-3-29(33)37-21-25-7-5-23(6-8-25)11-19-31(35)40-27-15-17-28(18-16-27)41-32(36)20-12-24-9-13-26(14-10-24)38-22-39-30(34)4-2/h3-20H,1-2,21-22H2/b19-11+,20-12+. The molecule has 0 aliphatic rings. The Morgan fingerprint density at radius 1 is 0.561 bits per heavy atom. The van der Waals surface area contributed by atoms with Crippen LogP contribution < -0.4 is 14.2 Å². The van der Waals surface area contributed by atoms with Crippen LogP contribution in [0.5, 0.6) is 17.2 Å². The van der Waals surface area contributed by atoms with Gasteiger partial charge in [0.05, 0.1) is 0 Å². The lowest BCUT2D eigenvalue weighted by atomic mass is 10.1. The highest BCUT2D eigenvalue weighted by Crippen LogP contribution is 2.19. The van der Waals surface area contributed by atoms with Crippen molar-refractivity contribution in [3.05, 3.63) is 127 Å². The van der Waals surface area contributed by atoms with Crippen molar-refractivity contribution >= 4 is 36.0 Å². The highest BCUT2D eigenvalue weighted by atomic mass is 16.7. The molecule has 0 unspecified atom stereocenters. The van der Waals surface area contributed by atoms with Crippen LogP contribution in [0.4, 0.5) is 0 Å². The van der Waals surface area contributed by atoms with Gasteiger partial charge in [0.1, 0.15) is 23.9 Å². The van der Waals surface area contributed by atoms with Gasteiger partial charge in [0.25, 0.3) is 0 Å². The third kappa shape index (κ3) is 10.9. The van der Waals surface area contributed by atoms with Crippen molar-refractivity contribution in [2.24, 2.45) is 0 Å². The van der Waals surface area contributed by atoms with Crippen LogP contribution in [0, 0.1) is 0 Å². The molecule has 0 amide bonds. The molecule has 3 rings (SSSR count). The van der Waals surface area contributed by atoms with E-state index in [2.05, 4.69) is 13.2 Å². The van der Waals surface area contributed by atoms with Crippen molar-refractivity contribution in [2.45, 2.75) is 6.61 Å². The van der Waals surface area contributed by atoms with Crippen LogP contribution in [-0.2, 0) is 35.3 Å². The van der Waals surface area contributed by atoms with Gasteiger partial charge in [0.2, 0.25) is 6.79 Å². The van der Waals surface area contributed by atoms with Gasteiger partial charge in [-0.1, -0.05) is 49.6 Å². The maximum atomic E-state index is 12.2. The summed E-state index contributed by atoms with van der Waals surface area (Å²) in [7, 11) is 0. The molecule has 0 saturated heterocycles. The smallest absolute Gasteiger partial charge is 0.336 e. The summed E-state index contributed by atoms with van der Waals surface area (Å²) < 4.78 is 25.5. The van der Waals surface area contributed by atoms with Gasteiger partial charge in [-0.15, -0.1) is 0 Å². The molecule has 208 valence electrons. The van der Waals surface area contributed by atoms with E-state index in [9.17, 15) is 19.2 Å². The zero-order chi connectivity index (χ0) is 29.5. The molecular weight excluding hydrogens is 528 g/mol. The lowest BCUT2D eigenvalue weighted by Crippen LogP contribution is -2.07. The minimum Gasteiger partial charge on any atom is -0.458 e. The number of carbonyl (C=O) groups is 4. The topological polar surface area (TPSA) is 114 Å². The first kappa shape index (κ1) is 29.9. The Balaban J connectivity index is 1.43. The van der Waals surface area contributed by atoms with E-state index < -0.39 is 23.9 Å². The summed E-state index contributed by atoms with van der Waals surface area (Å²) >= 11 is 0. The molecule has 9 nitrogen and oxygen atoms in total. The van der Waals surface area contributed by atoms with E-state index in [0.717, 1.165) is 28.8 Å². The van der Waals surface area contributed by atoms with Crippen LogP contribution in [0.15, 0.2) is 110 Å². The molecule has 0 radical (unpaired) electrons. The van der Waals surface area contributed by atoms with E-state index in [1.165, 1.54) is 36.4 Å². The molecule has 3 aromatic rings. The van der Waals surface area contributed by atoms with E-state index in [4.69, 9.17) is 23.7 Å². The summed E-state index contributed by atoms with van der Waals surface area (Å²) in [5, 5.41) is 0. The molecule has 0 aromatic heterocycles. The molecule has 0 saturated carbocycles. The van der Waals surface area contributed by atoms with E-state index in [-0.39, 0.29) is 24.9 Å². The third-order valence-electron chi connectivity index (χ3n) is 5.09. The Bertz CT molecular complexity index is 1430. The molecule has 0 spiro atoms. The van der Waals surface area contributed by atoms with Gasteiger partial charge in [0, 0.05) is 24.3 Å². The molecule has 0 heterocycles. The van der Waals surface area contributed by atoms with Gasteiger partial charge < -0.3 is 23.7 Å². The zero-order valence-electron chi connectivity index (χ0n) is 21.9. The van der Waals surface area contributed by atoms with Crippen molar-refractivity contribution < 1.29 is 42.9 Å². The van der Waals surface area contributed by atoms with E-state index in [1.54, 1.807) is 60.7 Å². The first-order valence-corrected chi connectivity index (χ1v) is 12.1. The Morgan fingerprint density at radius 3 is 1.49 bits per heavy atom.